The molecule has 0 atom stereocenters. The summed E-state index contributed by atoms with van der Waals surface area (Å²) in [5.41, 5.74) is 3.41. The van der Waals surface area contributed by atoms with Gasteiger partial charge in [0.1, 0.15) is 18.1 Å². The van der Waals surface area contributed by atoms with Crippen LogP contribution in [0.5, 0.6) is 11.5 Å². The number of esters is 1. The molecule has 2 aromatic rings. The Kier molecular flexibility index (Phi) is 5.19. The lowest BCUT2D eigenvalue weighted by Gasteiger charge is -2.16. The molecule has 0 N–H and O–H groups in total. The van der Waals surface area contributed by atoms with Crippen LogP contribution in [0.2, 0.25) is 0 Å². The van der Waals surface area contributed by atoms with E-state index in [9.17, 15) is 4.79 Å². The molecule has 3 nitrogen and oxygen atoms in total. The van der Waals surface area contributed by atoms with E-state index in [2.05, 4.69) is 25.1 Å². The zero-order valence-corrected chi connectivity index (χ0v) is 14.4. The Labute approximate surface area is 143 Å². The molecule has 2 aromatic carbocycles. The van der Waals surface area contributed by atoms with Gasteiger partial charge in [-0.3, -0.25) is 4.79 Å². The van der Waals surface area contributed by atoms with E-state index in [1.165, 1.54) is 18.4 Å². The zero-order valence-electron chi connectivity index (χ0n) is 14.4. The molecule has 24 heavy (non-hydrogen) atoms. The number of carbonyl (C=O) groups excluding carboxylic acids is 1. The second-order valence-corrected chi connectivity index (χ2v) is 6.18. The molecule has 0 spiro atoms. The summed E-state index contributed by atoms with van der Waals surface area (Å²) in [5.74, 6) is 1.98. The molecule has 126 valence electrons. The summed E-state index contributed by atoms with van der Waals surface area (Å²) < 4.78 is 11.6. The van der Waals surface area contributed by atoms with Crippen LogP contribution in [-0.4, -0.2) is 5.97 Å². The van der Waals surface area contributed by atoms with Gasteiger partial charge in [0.15, 0.2) is 0 Å². The highest BCUT2D eigenvalue weighted by atomic mass is 16.5. The van der Waals surface area contributed by atoms with Gasteiger partial charge >= 0.3 is 5.97 Å². The fourth-order valence-electron chi connectivity index (χ4n) is 2.89. The average Bonchev–Trinajstić information content (AvgIpc) is 3.45. The van der Waals surface area contributed by atoms with Crippen molar-refractivity contribution in [2.75, 3.05) is 0 Å². The number of rotatable bonds is 7. The van der Waals surface area contributed by atoms with Crippen LogP contribution in [0.3, 0.4) is 0 Å². The first-order valence-electron chi connectivity index (χ1n) is 8.76. The molecule has 0 amide bonds. The highest BCUT2D eigenvalue weighted by molar-refractivity contribution is 5.72. The normalized spacial score (nSPS) is 13.6. The van der Waals surface area contributed by atoms with E-state index >= 15 is 0 Å². The monoisotopic (exact) mass is 324 g/mol. The largest absolute Gasteiger partial charge is 0.488 e. The molecule has 1 saturated carbocycles. The Bertz CT molecular complexity index is 717. The van der Waals surface area contributed by atoms with Gasteiger partial charge in [-0.15, -0.1) is 0 Å². The lowest BCUT2D eigenvalue weighted by atomic mass is 10.0. The van der Waals surface area contributed by atoms with E-state index in [-0.39, 0.29) is 5.97 Å². The minimum Gasteiger partial charge on any atom is -0.488 e. The Balaban J connectivity index is 1.82. The standard InChI is InChI=1S/C21H24O3/c1-3-15-8-7-11-20(24-21(22)4-2)18(15)14-23-19-10-6-5-9-17(19)16-12-13-16/h5-11,16H,3-4,12-14H2,1-2H3. The van der Waals surface area contributed by atoms with Gasteiger partial charge in [-0.2, -0.15) is 0 Å². The zero-order chi connectivity index (χ0) is 16.9. The van der Waals surface area contributed by atoms with Crippen molar-refractivity contribution in [2.24, 2.45) is 0 Å². The highest BCUT2D eigenvalue weighted by Crippen LogP contribution is 2.44. The van der Waals surface area contributed by atoms with Crippen LogP contribution in [-0.2, 0) is 17.8 Å². The number of ether oxygens (including phenoxy) is 2. The molecule has 3 rings (SSSR count). The summed E-state index contributed by atoms with van der Waals surface area (Å²) in [5, 5.41) is 0. The maximum atomic E-state index is 11.7. The summed E-state index contributed by atoms with van der Waals surface area (Å²) in [4.78, 5) is 11.7. The molecule has 1 fully saturated rings. The lowest BCUT2D eigenvalue weighted by molar-refractivity contribution is -0.134. The van der Waals surface area contributed by atoms with E-state index in [0.29, 0.717) is 24.7 Å². The molecule has 0 saturated heterocycles. The number of para-hydroxylation sites is 1. The number of hydrogen-bond donors (Lipinski definition) is 0. The van der Waals surface area contributed by atoms with Crippen molar-refractivity contribution in [1.29, 1.82) is 0 Å². The smallest absolute Gasteiger partial charge is 0.310 e. The molecule has 0 aliphatic heterocycles. The van der Waals surface area contributed by atoms with Gasteiger partial charge in [0.25, 0.3) is 0 Å². The summed E-state index contributed by atoms with van der Waals surface area (Å²) in [6.07, 6.45) is 3.72. The topological polar surface area (TPSA) is 35.5 Å². The van der Waals surface area contributed by atoms with Crippen LogP contribution < -0.4 is 9.47 Å². The maximum absolute atomic E-state index is 11.7. The molecule has 0 unspecified atom stereocenters. The van der Waals surface area contributed by atoms with Gasteiger partial charge in [0.2, 0.25) is 0 Å². The number of carbonyl (C=O) groups is 1. The molecule has 0 aromatic heterocycles. The number of hydrogen-bond acceptors (Lipinski definition) is 3. The van der Waals surface area contributed by atoms with Gasteiger partial charge in [0, 0.05) is 12.0 Å². The van der Waals surface area contributed by atoms with E-state index in [1.54, 1.807) is 6.92 Å². The molecule has 0 radical (unpaired) electrons. The average molecular weight is 324 g/mol. The van der Waals surface area contributed by atoms with Crippen molar-refractivity contribution >= 4 is 5.97 Å². The van der Waals surface area contributed by atoms with Crippen molar-refractivity contribution in [3.63, 3.8) is 0 Å². The first-order valence-corrected chi connectivity index (χ1v) is 8.76. The van der Waals surface area contributed by atoms with Crippen LogP contribution in [0, 0.1) is 0 Å². The van der Waals surface area contributed by atoms with Crippen LogP contribution in [0.25, 0.3) is 0 Å². The Morgan fingerprint density at radius 3 is 2.50 bits per heavy atom. The molecule has 1 aliphatic carbocycles. The molecule has 1 aliphatic rings. The third kappa shape index (κ3) is 3.78. The number of benzene rings is 2. The first kappa shape index (κ1) is 16.6. The molecule has 3 heteroatoms. The Hall–Kier alpha value is -2.29. The summed E-state index contributed by atoms with van der Waals surface area (Å²) in [7, 11) is 0. The second kappa shape index (κ2) is 7.52. The quantitative estimate of drug-likeness (QED) is 0.530. The minimum absolute atomic E-state index is 0.220. The molecule has 0 bridgehead atoms. The molecule has 0 heterocycles. The van der Waals surface area contributed by atoms with Gasteiger partial charge in [-0.25, -0.2) is 0 Å². The fourth-order valence-corrected chi connectivity index (χ4v) is 2.89. The van der Waals surface area contributed by atoms with Gasteiger partial charge in [0.05, 0.1) is 0 Å². The summed E-state index contributed by atoms with van der Waals surface area (Å²) >= 11 is 0. The number of aryl methyl sites for hydroxylation is 1. The molecular formula is C21H24O3. The first-order chi connectivity index (χ1) is 11.7. The Morgan fingerprint density at radius 2 is 1.79 bits per heavy atom. The predicted molar refractivity (Wildman–Crippen MR) is 94.5 cm³/mol. The second-order valence-electron chi connectivity index (χ2n) is 6.18. The third-order valence-corrected chi connectivity index (χ3v) is 4.43. The summed E-state index contributed by atoms with van der Waals surface area (Å²) in [6.45, 7) is 4.32. The van der Waals surface area contributed by atoms with E-state index in [0.717, 1.165) is 23.3 Å². The van der Waals surface area contributed by atoms with Crippen molar-refractivity contribution in [3.8, 4) is 11.5 Å². The predicted octanol–water partition coefficient (Wildman–Crippen LogP) is 5.02. The molecular weight excluding hydrogens is 300 g/mol. The Morgan fingerprint density at radius 1 is 1.04 bits per heavy atom. The van der Waals surface area contributed by atoms with Crippen LogP contribution in [0.4, 0.5) is 0 Å². The van der Waals surface area contributed by atoms with Crippen molar-refractivity contribution in [2.45, 2.75) is 52.1 Å². The maximum Gasteiger partial charge on any atom is 0.310 e. The van der Waals surface area contributed by atoms with Gasteiger partial charge in [-0.1, -0.05) is 44.2 Å². The van der Waals surface area contributed by atoms with Gasteiger partial charge < -0.3 is 9.47 Å². The van der Waals surface area contributed by atoms with Crippen molar-refractivity contribution in [1.82, 2.24) is 0 Å². The van der Waals surface area contributed by atoms with Crippen LogP contribution in [0.1, 0.15) is 55.7 Å². The van der Waals surface area contributed by atoms with Gasteiger partial charge in [-0.05, 0) is 48.4 Å². The minimum atomic E-state index is -0.220. The SMILES string of the molecule is CCC(=O)Oc1cccc(CC)c1COc1ccccc1C1CC1. The van der Waals surface area contributed by atoms with Crippen molar-refractivity contribution in [3.05, 3.63) is 59.2 Å². The van der Waals surface area contributed by atoms with Crippen molar-refractivity contribution < 1.29 is 14.3 Å². The van der Waals surface area contributed by atoms with E-state index in [4.69, 9.17) is 9.47 Å². The van der Waals surface area contributed by atoms with Crippen LogP contribution in [0.15, 0.2) is 42.5 Å². The summed E-state index contributed by atoms with van der Waals surface area (Å²) in [6, 6.07) is 14.1. The lowest BCUT2D eigenvalue weighted by Crippen LogP contribution is -2.10. The highest BCUT2D eigenvalue weighted by Gasteiger charge is 2.26. The third-order valence-electron chi connectivity index (χ3n) is 4.43. The fraction of sp³-hybridized carbons (Fsp3) is 0.381. The van der Waals surface area contributed by atoms with Crippen LogP contribution >= 0.6 is 0 Å². The van der Waals surface area contributed by atoms with E-state index < -0.39 is 0 Å². The van der Waals surface area contributed by atoms with E-state index in [1.807, 2.05) is 24.3 Å².